The second-order valence-corrected chi connectivity index (χ2v) is 4.74. The van der Waals surface area contributed by atoms with Gasteiger partial charge in [0, 0.05) is 18.4 Å². The lowest BCUT2D eigenvalue weighted by Gasteiger charge is -2.03. The van der Waals surface area contributed by atoms with Crippen LogP contribution in [0.3, 0.4) is 0 Å². The summed E-state index contributed by atoms with van der Waals surface area (Å²) in [6.45, 7) is 0.987. The van der Waals surface area contributed by atoms with Crippen LogP contribution in [0.5, 0.6) is 0 Å². The van der Waals surface area contributed by atoms with Crippen molar-refractivity contribution in [1.29, 1.82) is 0 Å². The first kappa shape index (κ1) is 12.1. The predicted octanol–water partition coefficient (Wildman–Crippen LogP) is 1.79. The topological polar surface area (TPSA) is 55.1 Å². The number of hydrogen-bond donors (Lipinski definition) is 2. The number of benzene rings is 1. The number of nitrogens with one attached hydrogen (secondary N) is 1. The van der Waals surface area contributed by atoms with Gasteiger partial charge in [-0.1, -0.05) is 30.3 Å². The molecule has 17 heavy (non-hydrogen) atoms. The lowest BCUT2D eigenvalue weighted by atomic mass is 10.1. The molecule has 1 saturated carbocycles. The molecular weight excluding hydrogens is 212 g/mol. The molecule has 3 heteroatoms. The lowest BCUT2D eigenvalue weighted by molar-refractivity contribution is -0.118. The normalized spacial score (nSPS) is 22.4. The smallest absolute Gasteiger partial charge is 0.217 e. The first-order chi connectivity index (χ1) is 8.27. The van der Waals surface area contributed by atoms with E-state index in [4.69, 9.17) is 5.73 Å². The third kappa shape index (κ3) is 3.86. The molecule has 0 aromatic heterocycles. The molecule has 92 valence electrons. The van der Waals surface area contributed by atoms with Gasteiger partial charge in [0.05, 0.1) is 0 Å². The van der Waals surface area contributed by atoms with Crippen LogP contribution in [0.15, 0.2) is 30.3 Å². The second-order valence-electron chi connectivity index (χ2n) is 4.74. The summed E-state index contributed by atoms with van der Waals surface area (Å²) in [4.78, 5) is 10.5. The number of unbranched alkanes of at least 4 members (excludes halogenated alkanes) is 1. The quantitative estimate of drug-likeness (QED) is 0.704. The maximum absolute atomic E-state index is 10.5. The fraction of sp³-hybridized carbons (Fsp3) is 0.500. The molecule has 0 bridgehead atoms. The van der Waals surface area contributed by atoms with E-state index < -0.39 is 0 Å². The summed E-state index contributed by atoms with van der Waals surface area (Å²) in [6.07, 6.45) is 3.67. The first-order valence-corrected chi connectivity index (χ1v) is 6.34. The van der Waals surface area contributed by atoms with Crippen LogP contribution in [0.2, 0.25) is 0 Å². The molecule has 2 atom stereocenters. The molecule has 0 saturated heterocycles. The van der Waals surface area contributed by atoms with Crippen molar-refractivity contribution < 1.29 is 4.79 Å². The van der Waals surface area contributed by atoms with Crippen molar-refractivity contribution in [3.63, 3.8) is 0 Å². The molecule has 3 N–H and O–H groups in total. The summed E-state index contributed by atoms with van der Waals surface area (Å²) in [7, 11) is 0. The molecule has 1 aliphatic carbocycles. The highest BCUT2D eigenvalue weighted by atomic mass is 16.1. The van der Waals surface area contributed by atoms with Crippen molar-refractivity contribution in [3.8, 4) is 0 Å². The Balaban J connectivity index is 1.59. The van der Waals surface area contributed by atoms with Gasteiger partial charge in [-0.05, 0) is 31.4 Å². The number of carbonyl (C=O) groups is 1. The minimum atomic E-state index is -0.196. The van der Waals surface area contributed by atoms with Gasteiger partial charge in [-0.2, -0.15) is 0 Å². The Morgan fingerprint density at radius 2 is 2.06 bits per heavy atom. The van der Waals surface area contributed by atoms with Gasteiger partial charge in [-0.3, -0.25) is 4.79 Å². The monoisotopic (exact) mass is 232 g/mol. The molecule has 1 aliphatic rings. The Bertz CT molecular complexity index is 364. The third-order valence-electron chi connectivity index (χ3n) is 3.27. The zero-order valence-corrected chi connectivity index (χ0v) is 10.1. The Kier molecular flexibility index (Phi) is 4.15. The minimum Gasteiger partial charge on any atom is -0.370 e. The number of hydrogen-bond acceptors (Lipinski definition) is 2. The van der Waals surface area contributed by atoms with Crippen molar-refractivity contribution in [2.24, 2.45) is 5.73 Å². The number of primary amides is 1. The Morgan fingerprint density at radius 1 is 1.29 bits per heavy atom. The van der Waals surface area contributed by atoms with Crippen molar-refractivity contribution >= 4 is 5.91 Å². The Labute approximate surface area is 102 Å². The van der Waals surface area contributed by atoms with Crippen LogP contribution in [0.25, 0.3) is 0 Å². The maximum Gasteiger partial charge on any atom is 0.217 e. The zero-order valence-electron chi connectivity index (χ0n) is 10.1. The van der Waals surface area contributed by atoms with E-state index in [1.165, 1.54) is 12.0 Å². The molecule has 1 aromatic rings. The highest BCUT2D eigenvalue weighted by molar-refractivity contribution is 5.73. The number of rotatable bonds is 7. The Hall–Kier alpha value is -1.35. The minimum absolute atomic E-state index is 0.196. The average Bonchev–Trinajstić information content (AvgIpc) is 3.09. The summed E-state index contributed by atoms with van der Waals surface area (Å²) in [5.41, 5.74) is 6.52. The van der Waals surface area contributed by atoms with Crippen LogP contribution in [-0.2, 0) is 4.79 Å². The average molecular weight is 232 g/mol. The van der Waals surface area contributed by atoms with E-state index in [1.807, 2.05) is 0 Å². The van der Waals surface area contributed by atoms with Gasteiger partial charge < -0.3 is 11.1 Å². The van der Waals surface area contributed by atoms with E-state index in [-0.39, 0.29) is 5.91 Å². The van der Waals surface area contributed by atoms with Crippen LogP contribution in [-0.4, -0.2) is 18.5 Å². The van der Waals surface area contributed by atoms with Gasteiger partial charge >= 0.3 is 0 Å². The van der Waals surface area contributed by atoms with Gasteiger partial charge in [0.25, 0.3) is 0 Å². The van der Waals surface area contributed by atoms with Gasteiger partial charge in [-0.15, -0.1) is 0 Å². The molecule has 0 aliphatic heterocycles. The van der Waals surface area contributed by atoms with E-state index in [0.29, 0.717) is 18.4 Å². The number of nitrogens with two attached hydrogens (primary N) is 1. The van der Waals surface area contributed by atoms with E-state index in [2.05, 4.69) is 35.6 Å². The maximum atomic E-state index is 10.5. The van der Waals surface area contributed by atoms with Gasteiger partial charge in [0.15, 0.2) is 0 Å². The number of amides is 1. The summed E-state index contributed by atoms with van der Waals surface area (Å²) >= 11 is 0. The third-order valence-corrected chi connectivity index (χ3v) is 3.27. The van der Waals surface area contributed by atoms with E-state index >= 15 is 0 Å². The molecule has 0 spiro atoms. The first-order valence-electron chi connectivity index (χ1n) is 6.34. The van der Waals surface area contributed by atoms with Crippen molar-refractivity contribution in [2.45, 2.75) is 37.6 Å². The molecule has 1 amide bonds. The second kappa shape index (κ2) is 5.82. The summed E-state index contributed by atoms with van der Waals surface area (Å²) in [5, 5.41) is 3.53. The number of carbonyl (C=O) groups excluding carboxylic acids is 1. The van der Waals surface area contributed by atoms with Crippen LogP contribution in [0.4, 0.5) is 0 Å². The van der Waals surface area contributed by atoms with E-state index in [1.54, 1.807) is 0 Å². The van der Waals surface area contributed by atoms with Crippen LogP contribution < -0.4 is 11.1 Å². The molecule has 1 fully saturated rings. The Morgan fingerprint density at radius 3 is 2.76 bits per heavy atom. The van der Waals surface area contributed by atoms with Crippen LogP contribution >= 0.6 is 0 Å². The summed E-state index contributed by atoms with van der Waals surface area (Å²) < 4.78 is 0. The summed E-state index contributed by atoms with van der Waals surface area (Å²) in [6, 6.07) is 11.3. The molecular formula is C14H20N2O. The SMILES string of the molecule is NC(=O)CCCCN[C@H]1CC1c1ccccc1. The van der Waals surface area contributed by atoms with Crippen molar-refractivity contribution in [3.05, 3.63) is 35.9 Å². The highest BCUT2D eigenvalue weighted by Gasteiger charge is 2.37. The fourth-order valence-corrected chi connectivity index (χ4v) is 2.20. The van der Waals surface area contributed by atoms with Gasteiger partial charge in [0.2, 0.25) is 5.91 Å². The molecule has 1 unspecified atom stereocenters. The predicted molar refractivity (Wildman–Crippen MR) is 68.6 cm³/mol. The van der Waals surface area contributed by atoms with Crippen molar-refractivity contribution in [1.82, 2.24) is 5.32 Å². The van der Waals surface area contributed by atoms with Gasteiger partial charge in [0.1, 0.15) is 0 Å². The standard InChI is InChI=1S/C14H20N2O/c15-14(17)8-4-5-9-16-13-10-12(13)11-6-2-1-3-7-11/h1-3,6-7,12-13,16H,4-5,8-10H2,(H2,15,17)/t12?,13-/m0/s1. The van der Waals surface area contributed by atoms with Crippen molar-refractivity contribution in [2.75, 3.05) is 6.54 Å². The lowest BCUT2D eigenvalue weighted by Crippen LogP contribution is -2.19. The van der Waals surface area contributed by atoms with E-state index in [0.717, 1.165) is 19.4 Å². The zero-order chi connectivity index (χ0) is 12.1. The largest absolute Gasteiger partial charge is 0.370 e. The van der Waals surface area contributed by atoms with Gasteiger partial charge in [-0.25, -0.2) is 0 Å². The fourth-order valence-electron chi connectivity index (χ4n) is 2.20. The molecule has 0 heterocycles. The molecule has 3 nitrogen and oxygen atoms in total. The highest BCUT2D eigenvalue weighted by Crippen LogP contribution is 2.40. The van der Waals surface area contributed by atoms with Crippen LogP contribution in [0.1, 0.15) is 37.2 Å². The molecule has 1 aromatic carbocycles. The van der Waals surface area contributed by atoms with E-state index in [9.17, 15) is 4.79 Å². The summed E-state index contributed by atoms with van der Waals surface area (Å²) in [5.74, 6) is 0.492. The van der Waals surface area contributed by atoms with Crippen LogP contribution in [0, 0.1) is 0 Å². The molecule has 0 radical (unpaired) electrons. The molecule has 2 rings (SSSR count).